The van der Waals surface area contributed by atoms with E-state index in [1.807, 2.05) is 22.7 Å². The first-order valence-corrected chi connectivity index (χ1v) is 19.6. The number of anilines is 3. The largest absolute Gasteiger partial charge is 0.310 e. The molecule has 9 aromatic carbocycles. The van der Waals surface area contributed by atoms with E-state index in [9.17, 15) is 0 Å². The van der Waals surface area contributed by atoms with Gasteiger partial charge in [-0.05, 0) is 92.3 Å². The third-order valence-corrected chi connectivity index (χ3v) is 13.0. The zero-order valence-electron chi connectivity index (χ0n) is 28.7. The lowest BCUT2D eigenvalue weighted by atomic mass is 9.97. The van der Waals surface area contributed by atoms with Gasteiger partial charge in [0.1, 0.15) is 0 Å². The molecule has 0 amide bonds. The molecule has 0 fully saturated rings. The molecule has 11 rings (SSSR count). The first-order chi connectivity index (χ1) is 26.3. The lowest BCUT2D eigenvalue weighted by molar-refractivity contribution is 1.31. The van der Waals surface area contributed by atoms with Crippen LogP contribution < -0.4 is 4.90 Å². The molecule has 248 valence electrons. The Morgan fingerprint density at radius 1 is 0.340 bits per heavy atom. The molecule has 0 bridgehead atoms. The Morgan fingerprint density at radius 3 is 1.75 bits per heavy atom. The van der Waals surface area contributed by atoms with Crippen molar-refractivity contribution in [3.63, 3.8) is 0 Å². The van der Waals surface area contributed by atoms with Gasteiger partial charge in [0.05, 0.1) is 5.69 Å². The minimum absolute atomic E-state index is 1.12. The van der Waals surface area contributed by atoms with E-state index in [0.717, 1.165) is 11.4 Å². The van der Waals surface area contributed by atoms with E-state index in [1.54, 1.807) is 0 Å². The van der Waals surface area contributed by atoms with Gasteiger partial charge in [-0.3, -0.25) is 0 Å². The maximum absolute atomic E-state index is 2.47. The van der Waals surface area contributed by atoms with E-state index in [4.69, 9.17) is 0 Å². The average molecular weight is 710 g/mol. The fourth-order valence-electron chi connectivity index (χ4n) is 8.20. The van der Waals surface area contributed by atoms with Gasteiger partial charge in [-0.2, -0.15) is 0 Å². The van der Waals surface area contributed by atoms with Crippen LogP contribution in [0.3, 0.4) is 0 Å². The fraction of sp³-hybridized carbons (Fsp3) is 0. The smallest absolute Gasteiger partial charge is 0.0555 e. The highest BCUT2D eigenvalue weighted by Crippen LogP contribution is 2.49. The second-order valence-corrected chi connectivity index (χ2v) is 15.8. The summed E-state index contributed by atoms with van der Waals surface area (Å²) in [6.07, 6.45) is 0. The van der Waals surface area contributed by atoms with Crippen molar-refractivity contribution >= 4 is 102 Å². The van der Waals surface area contributed by atoms with Gasteiger partial charge < -0.3 is 4.90 Å². The number of hydrogen-bond donors (Lipinski definition) is 0. The summed E-state index contributed by atoms with van der Waals surface area (Å²) < 4.78 is 5.25. The number of hydrogen-bond acceptors (Lipinski definition) is 3. The molecular formula is C50H31NS2. The van der Waals surface area contributed by atoms with Crippen molar-refractivity contribution in [2.45, 2.75) is 0 Å². The maximum atomic E-state index is 2.47. The lowest BCUT2D eigenvalue weighted by Crippen LogP contribution is -2.10. The zero-order chi connectivity index (χ0) is 34.9. The maximum Gasteiger partial charge on any atom is 0.0555 e. The van der Waals surface area contributed by atoms with E-state index >= 15 is 0 Å². The molecule has 0 N–H and O–H groups in total. The first kappa shape index (κ1) is 30.4. The molecular weight excluding hydrogens is 679 g/mol. The lowest BCUT2D eigenvalue weighted by Gasteiger charge is -2.28. The molecule has 1 nitrogen and oxygen atoms in total. The highest BCUT2D eigenvalue weighted by molar-refractivity contribution is 7.26. The Labute approximate surface area is 315 Å². The molecule has 0 unspecified atom stereocenters. The molecule has 2 heterocycles. The van der Waals surface area contributed by atoms with Gasteiger partial charge in [-0.25, -0.2) is 0 Å². The molecule has 53 heavy (non-hydrogen) atoms. The van der Waals surface area contributed by atoms with Gasteiger partial charge in [0.25, 0.3) is 0 Å². The van der Waals surface area contributed by atoms with Crippen LogP contribution in [0.15, 0.2) is 188 Å². The SMILES string of the molecule is c1ccc(-c2ccc(N(c3ccc(-c4cccc5sc6ccccc6c45)cc3)c3ccc4ccc5ccccc5c4c3)c3c2sc2ccccc23)cc1. The van der Waals surface area contributed by atoms with Crippen LogP contribution in [0, 0.1) is 0 Å². The summed E-state index contributed by atoms with van der Waals surface area (Å²) in [7, 11) is 0. The van der Waals surface area contributed by atoms with Gasteiger partial charge in [-0.1, -0.05) is 140 Å². The van der Waals surface area contributed by atoms with E-state index in [0.29, 0.717) is 0 Å². The molecule has 0 aliphatic rings. The van der Waals surface area contributed by atoms with Crippen molar-refractivity contribution in [1.82, 2.24) is 0 Å². The van der Waals surface area contributed by atoms with Gasteiger partial charge in [0.15, 0.2) is 0 Å². The van der Waals surface area contributed by atoms with Crippen LogP contribution in [0.25, 0.3) is 84.1 Å². The van der Waals surface area contributed by atoms with Crippen LogP contribution in [-0.2, 0) is 0 Å². The molecule has 11 aromatic rings. The summed E-state index contributed by atoms with van der Waals surface area (Å²) in [6, 6.07) is 69.2. The second kappa shape index (κ2) is 12.2. The quantitative estimate of drug-likeness (QED) is 0.161. The first-order valence-electron chi connectivity index (χ1n) is 18.0. The van der Waals surface area contributed by atoms with Gasteiger partial charge in [0.2, 0.25) is 0 Å². The van der Waals surface area contributed by atoms with Gasteiger partial charge in [0, 0.05) is 51.7 Å². The average Bonchev–Trinajstić information content (AvgIpc) is 3.81. The van der Waals surface area contributed by atoms with Crippen LogP contribution in [0.4, 0.5) is 17.1 Å². The predicted octanol–water partition coefficient (Wildman–Crippen LogP) is 15.5. The molecule has 3 heteroatoms. The Morgan fingerprint density at radius 2 is 0.943 bits per heavy atom. The highest BCUT2D eigenvalue weighted by atomic mass is 32.1. The van der Waals surface area contributed by atoms with E-state index in [-0.39, 0.29) is 0 Å². The molecule has 0 spiro atoms. The molecule has 0 saturated heterocycles. The molecule has 0 aliphatic carbocycles. The van der Waals surface area contributed by atoms with Crippen LogP contribution in [0.5, 0.6) is 0 Å². The van der Waals surface area contributed by atoms with Crippen LogP contribution in [0.2, 0.25) is 0 Å². The summed E-state index contributed by atoms with van der Waals surface area (Å²) in [5.74, 6) is 0. The van der Waals surface area contributed by atoms with Crippen molar-refractivity contribution in [3.8, 4) is 22.3 Å². The molecule has 0 saturated carbocycles. The summed E-state index contributed by atoms with van der Waals surface area (Å²) >= 11 is 3.76. The Balaban J connectivity index is 1.16. The minimum Gasteiger partial charge on any atom is -0.310 e. The summed E-state index contributed by atoms with van der Waals surface area (Å²) in [5.41, 5.74) is 8.43. The van der Waals surface area contributed by atoms with E-state index in [2.05, 4.69) is 193 Å². The van der Waals surface area contributed by atoms with Crippen LogP contribution >= 0.6 is 22.7 Å². The van der Waals surface area contributed by atoms with Crippen LogP contribution in [-0.4, -0.2) is 0 Å². The highest BCUT2D eigenvalue weighted by Gasteiger charge is 2.22. The number of nitrogens with zero attached hydrogens (tertiary/aromatic N) is 1. The molecule has 0 radical (unpaired) electrons. The third-order valence-electron chi connectivity index (χ3n) is 10.7. The summed E-state index contributed by atoms with van der Waals surface area (Å²) in [4.78, 5) is 2.47. The topological polar surface area (TPSA) is 3.24 Å². The normalized spacial score (nSPS) is 11.8. The van der Waals surface area contributed by atoms with Crippen LogP contribution in [0.1, 0.15) is 0 Å². The van der Waals surface area contributed by atoms with Crippen molar-refractivity contribution in [2.75, 3.05) is 4.90 Å². The summed E-state index contributed by atoms with van der Waals surface area (Å²) in [6.45, 7) is 0. The summed E-state index contributed by atoms with van der Waals surface area (Å²) in [5, 5.41) is 10.2. The Kier molecular flexibility index (Phi) is 6.97. The van der Waals surface area contributed by atoms with Crippen molar-refractivity contribution in [2.24, 2.45) is 0 Å². The molecule has 0 atom stereocenters. The van der Waals surface area contributed by atoms with E-state index < -0.39 is 0 Å². The van der Waals surface area contributed by atoms with Crippen molar-refractivity contribution in [1.29, 1.82) is 0 Å². The van der Waals surface area contributed by atoms with Gasteiger partial charge >= 0.3 is 0 Å². The van der Waals surface area contributed by atoms with Crippen molar-refractivity contribution < 1.29 is 0 Å². The molecule has 2 aromatic heterocycles. The molecule has 0 aliphatic heterocycles. The van der Waals surface area contributed by atoms with E-state index in [1.165, 1.54) is 89.8 Å². The third kappa shape index (κ3) is 4.89. The Bertz CT molecular complexity index is 3170. The van der Waals surface area contributed by atoms with Crippen molar-refractivity contribution in [3.05, 3.63) is 188 Å². The zero-order valence-corrected chi connectivity index (χ0v) is 30.3. The number of benzene rings is 9. The Hall–Kier alpha value is -6.26. The number of rotatable bonds is 5. The number of thiophene rings is 2. The van der Waals surface area contributed by atoms with Gasteiger partial charge in [-0.15, -0.1) is 22.7 Å². The fourth-order valence-corrected chi connectivity index (χ4v) is 10.6. The second-order valence-electron chi connectivity index (χ2n) is 13.7. The number of fused-ring (bicyclic) bond motifs is 9. The monoisotopic (exact) mass is 709 g/mol. The predicted molar refractivity (Wildman–Crippen MR) is 233 cm³/mol. The minimum atomic E-state index is 1.12. The standard InChI is InChI=1S/C50H31NS2/c1-2-11-32(12-3-1)40-29-30-44(49-42-16-7-9-19-46(42)53-50(40)49)51(37-28-25-35-22-21-33-13-4-5-14-38(33)43(35)31-37)36-26-23-34(24-27-36)39-17-10-20-47-48(39)41-15-6-8-18-45(41)52-47/h1-31H.